The molecule has 0 spiro atoms. The van der Waals surface area contributed by atoms with E-state index in [-0.39, 0.29) is 6.79 Å². The van der Waals surface area contributed by atoms with Crippen molar-refractivity contribution >= 4 is 17.3 Å². The fourth-order valence-electron chi connectivity index (χ4n) is 2.35. The van der Waals surface area contributed by atoms with E-state index >= 15 is 0 Å². The van der Waals surface area contributed by atoms with Gasteiger partial charge in [0.2, 0.25) is 6.79 Å². The Morgan fingerprint density at radius 3 is 2.83 bits per heavy atom. The average molecular weight is 266 g/mol. The number of ether oxygens (including phenoxy) is 2. The summed E-state index contributed by atoms with van der Waals surface area (Å²) < 4.78 is 10.6. The number of halogens is 1. The van der Waals surface area contributed by atoms with Gasteiger partial charge in [0.25, 0.3) is 0 Å². The molecule has 1 atom stereocenters. The van der Waals surface area contributed by atoms with Crippen LogP contribution in [0.15, 0.2) is 24.3 Å². The first-order chi connectivity index (χ1) is 8.83. The number of benzene rings is 1. The molecule has 0 radical (unpaired) electrons. The number of hydrogen-bond donors (Lipinski definition) is 1. The Morgan fingerprint density at radius 2 is 2.06 bits per heavy atom. The van der Waals surface area contributed by atoms with Gasteiger partial charge in [-0.2, -0.15) is 0 Å². The Kier molecular flexibility index (Phi) is 3.33. The normalized spacial score (nSPS) is 21.1. The van der Waals surface area contributed by atoms with Gasteiger partial charge in [-0.05, 0) is 25.2 Å². The molecule has 2 aliphatic rings. The summed E-state index contributed by atoms with van der Waals surface area (Å²) in [6, 6.07) is 3.73. The standard InChI is InChI=1S/C14H16ClNO2/c15-11-6-13-14(18-9-17-13)7-12(11)16-8-10-4-2-1-3-5-10/h1-2,6-7,10,16H,3-5,8-9H2. The maximum Gasteiger partial charge on any atom is 0.231 e. The molecule has 0 bridgehead atoms. The molecular formula is C14H16ClNO2. The van der Waals surface area contributed by atoms with Gasteiger partial charge in [0, 0.05) is 18.7 Å². The maximum atomic E-state index is 6.21. The molecular weight excluding hydrogens is 250 g/mol. The van der Waals surface area contributed by atoms with Crippen molar-refractivity contribution in [2.45, 2.75) is 19.3 Å². The minimum absolute atomic E-state index is 0.280. The molecule has 0 fully saturated rings. The van der Waals surface area contributed by atoms with Gasteiger partial charge in [-0.15, -0.1) is 0 Å². The van der Waals surface area contributed by atoms with Gasteiger partial charge in [0.05, 0.1) is 10.7 Å². The fraction of sp³-hybridized carbons (Fsp3) is 0.429. The first-order valence-electron chi connectivity index (χ1n) is 6.31. The molecule has 0 aromatic heterocycles. The molecule has 4 heteroatoms. The van der Waals surface area contributed by atoms with E-state index in [2.05, 4.69) is 17.5 Å². The average Bonchev–Trinajstić information content (AvgIpc) is 2.84. The number of hydrogen-bond acceptors (Lipinski definition) is 3. The lowest BCUT2D eigenvalue weighted by Crippen LogP contribution is -2.15. The smallest absolute Gasteiger partial charge is 0.231 e. The molecule has 1 aromatic carbocycles. The molecule has 1 N–H and O–H groups in total. The van der Waals surface area contributed by atoms with Crippen LogP contribution in [0.2, 0.25) is 5.02 Å². The van der Waals surface area contributed by atoms with Crippen molar-refractivity contribution in [2.75, 3.05) is 18.7 Å². The fourth-order valence-corrected chi connectivity index (χ4v) is 2.57. The quantitative estimate of drug-likeness (QED) is 0.843. The highest BCUT2D eigenvalue weighted by molar-refractivity contribution is 6.33. The van der Waals surface area contributed by atoms with Gasteiger partial charge in [0.1, 0.15) is 0 Å². The van der Waals surface area contributed by atoms with Crippen molar-refractivity contribution in [3.63, 3.8) is 0 Å². The van der Waals surface area contributed by atoms with Crippen molar-refractivity contribution in [2.24, 2.45) is 5.92 Å². The predicted molar refractivity (Wildman–Crippen MR) is 72.5 cm³/mol. The molecule has 1 unspecified atom stereocenters. The van der Waals surface area contributed by atoms with E-state index in [4.69, 9.17) is 21.1 Å². The minimum atomic E-state index is 0.280. The van der Waals surface area contributed by atoms with E-state index in [1.807, 2.05) is 12.1 Å². The minimum Gasteiger partial charge on any atom is -0.454 e. The first kappa shape index (κ1) is 11.7. The molecule has 0 saturated carbocycles. The Labute approximate surface area is 112 Å². The van der Waals surface area contributed by atoms with Gasteiger partial charge in [-0.25, -0.2) is 0 Å². The Balaban J connectivity index is 1.67. The molecule has 3 rings (SSSR count). The van der Waals surface area contributed by atoms with E-state index in [0.717, 1.165) is 30.2 Å². The number of allylic oxidation sites excluding steroid dienone is 2. The van der Waals surface area contributed by atoms with Crippen LogP contribution in [-0.2, 0) is 0 Å². The number of nitrogens with one attached hydrogen (secondary N) is 1. The van der Waals surface area contributed by atoms with Crippen molar-refractivity contribution in [3.05, 3.63) is 29.3 Å². The molecule has 3 nitrogen and oxygen atoms in total. The Morgan fingerprint density at radius 1 is 1.22 bits per heavy atom. The maximum absolute atomic E-state index is 6.21. The van der Waals surface area contributed by atoms with E-state index in [1.54, 1.807) is 0 Å². The third kappa shape index (κ3) is 2.41. The molecule has 1 heterocycles. The predicted octanol–water partition coefficient (Wildman–Crippen LogP) is 3.84. The van der Waals surface area contributed by atoms with Crippen molar-refractivity contribution in [1.29, 1.82) is 0 Å². The summed E-state index contributed by atoms with van der Waals surface area (Å²) in [5, 5.41) is 4.10. The van der Waals surface area contributed by atoms with Gasteiger partial charge >= 0.3 is 0 Å². The SMILES string of the molecule is Clc1cc2c(cc1NCC1CC=CCC1)OCO2. The molecule has 18 heavy (non-hydrogen) atoms. The Bertz CT molecular complexity index is 473. The van der Waals surface area contributed by atoms with Crippen LogP contribution in [0.1, 0.15) is 19.3 Å². The van der Waals surface area contributed by atoms with Gasteiger partial charge in [-0.1, -0.05) is 23.8 Å². The lowest BCUT2D eigenvalue weighted by molar-refractivity contribution is 0.174. The summed E-state index contributed by atoms with van der Waals surface area (Å²) in [5.74, 6) is 2.19. The van der Waals surface area contributed by atoms with Crippen molar-refractivity contribution in [3.8, 4) is 11.5 Å². The van der Waals surface area contributed by atoms with Gasteiger partial charge in [-0.3, -0.25) is 0 Å². The summed E-state index contributed by atoms with van der Waals surface area (Å²) in [4.78, 5) is 0. The third-order valence-corrected chi connectivity index (χ3v) is 3.73. The lowest BCUT2D eigenvalue weighted by Gasteiger charge is -2.19. The van der Waals surface area contributed by atoms with E-state index in [0.29, 0.717) is 10.9 Å². The molecule has 1 aliphatic heterocycles. The first-order valence-corrected chi connectivity index (χ1v) is 6.69. The highest BCUT2D eigenvalue weighted by atomic mass is 35.5. The third-order valence-electron chi connectivity index (χ3n) is 3.42. The van der Waals surface area contributed by atoms with Crippen LogP contribution >= 0.6 is 11.6 Å². The van der Waals surface area contributed by atoms with Crippen molar-refractivity contribution < 1.29 is 9.47 Å². The molecule has 1 aromatic rings. The van der Waals surface area contributed by atoms with E-state index < -0.39 is 0 Å². The zero-order valence-corrected chi connectivity index (χ0v) is 10.9. The molecule has 96 valence electrons. The lowest BCUT2D eigenvalue weighted by atomic mass is 9.94. The van der Waals surface area contributed by atoms with Crippen LogP contribution in [0.25, 0.3) is 0 Å². The van der Waals surface area contributed by atoms with Crippen LogP contribution in [-0.4, -0.2) is 13.3 Å². The second-order valence-electron chi connectivity index (χ2n) is 4.72. The molecule has 0 saturated heterocycles. The summed E-state index contributed by atoms with van der Waals surface area (Å²) in [5.41, 5.74) is 0.926. The van der Waals surface area contributed by atoms with Crippen LogP contribution in [0, 0.1) is 5.92 Å². The highest BCUT2D eigenvalue weighted by Gasteiger charge is 2.17. The zero-order valence-electron chi connectivity index (χ0n) is 10.1. The van der Waals surface area contributed by atoms with Gasteiger partial charge in [0.15, 0.2) is 11.5 Å². The second-order valence-corrected chi connectivity index (χ2v) is 5.12. The summed E-state index contributed by atoms with van der Waals surface area (Å²) in [6.07, 6.45) is 8.09. The molecule has 1 aliphatic carbocycles. The Hall–Kier alpha value is -1.35. The topological polar surface area (TPSA) is 30.5 Å². The monoisotopic (exact) mass is 265 g/mol. The summed E-state index contributed by atoms with van der Waals surface area (Å²) >= 11 is 6.21. The summed E-state index contributed by atoms with van der Waals surface area (Å²) in [7, 11) is 0. The zero-order chi connectivity index (χ0) is 12.4. The second kappa shape index (κ2) is 5.11. The number of rotatable bonds is 3. The van der Waals surface area contributed by atoms with E-state index in [1.165, 1.54) is 12.8 Å². The largest absolute Gasteiger partial charge is 0.454 e. The highest BCUT2D eigenvalue weighted by Crippen LogP contribution is 2.39. The summed E-state index contributed by atoms with van der Waals surface area (Å²) in [6.45, 7) is 1.23. The van der Waals surface area contributed by atoms with Crippen LogP contribution < -0.4 is 14.8 Å². The van der Waals surface area contributed by atoms with Crippen LogP contribution in [0.4, 0.5) is 5.69 Å². The molecule has 0 amide bonds. The number of fused-ring (bicyclic) bond motifs is 1. The van der Waals surface area contributed by atoms with Crippen LogP contribution in [0.3, 0.4) is 0 Å². The number of anilines is 1. The van der Waals surface area contributed by atoms with Crippen molar-refractivity contribution in [1.82, 2.24) is 0 Å². The van der Waals surface area contributed by atoms with Gasteiger partial charge < -0.3 is 14.8 Å². The van der Waals surface area contributed by atoms with E-state index in [9.17, 15) is 0 Å². The van der Waals surface area contributed by atoms with Crippen LogP contribution in [0.5, 0.6) is 11.5 Å².